The smallest absolute Gasteiger partial charge is 0.192 e. The summed E-state index contributed by atoms with van der Waals surface area (Å²) in [6, 6.07) is 0. The highest BCUT2D eigenvalue weighted by atomic mass is 28.4. The maximum absolute atomic E-state index is 10.6. The molecule has 8 heteroatoms. The highest BCUT2D eigenvalue weighted by molar-refractivity contribution is 6.74. The number of hydrogen-bond acceptors (Lipinski definition) is 6. The van der Waals surface area contributed by atoms with Gasteiger partial charge in [-0.1, -0.05) is 41.5 Å². The molecule has 6 atom stereocenters. The van der Waals surface area contributed by atoms with Crippen LogP contribution in [0.15, 0.2) is 0 Å². The molecule has 178 valence electrons. The fraction of sp³-hybridized carbons (Fsp3) is 1.00. The van der Waals surface area contributed by atoms with Crippen molar-refractivity contribution in [3.63, 3.8) is 0 Å². The zero-order valence-corrected chi connectivity index (χ0v) is 22.8. The molecule has 0 radical (unpaired) electrons. The minimum atomic E-state index is -1.90. The van der Waals surface area contributed by atoms with Crippen LogP contribution in [0.2, 0.25) is 36.3 Å². The first-order valence-corrected chi connectivity index (χ1v) is 17.2. The normalized spacial score (nSPS) is 30.4. The highest BCUT2D eigenvalue weighted by Crippen LogP contribution is 2.40. The molecule has 0 bridgehead atoms. The summed E-state index contributed by atoms with van der Waals surface area (Å²) in [4.78, 5) is 0. The van der Waals surface area contributed by atoms with Gasteiger partial charge in [-0.2, -0.15) is 0 Å². The molecule has 2 saturated heterocycles. The topological polar surface area (TPSA) is 77.4 Å². The van der Waals surface area contributed by atoms with E-state index in [2.05, 4.69) is 67.7 Å². The first-order chi connectivity index (χ1) is 13.4. The monoisotopic (exact) mass is 462 g/mol. The summed E-state index contributed by atoms with van der Waals surface area (Å²) >= 11 is 0. The third-order valence-corrected chi connectivity index (χ3v) is 16.7. The van der Waals surface area contributed by atoms with Crippen LogP contribution in [0, 0.1) is 0 Å². The fourth-order valence-electron chi connectivity index (χ4n) is 3.34. The van der Waals surface area contributed by atoms with E-state index in [1.807, 2.05) is 0 Å². The lowest BCUT2D eigenvalue weighted by Gasteiger charge is -2.37. The van der Waals surface area contributed by atoms with Gasteiger partial charge in [0.05, 0.1) is 37.6 Å². The van der Waals surface area contributed by atoms with E-state index in [-0.39, 0.29) is 34.5 Å². The van der Waals surface area contributed by atoms with Gasteiger partial charge in [-0.05, 0) is 36.3 Å². The molecule has 0 spiro atoms. The van der Waals surface area contributed by atoms with Crippen LogP contribution in [0.3, 0.4) is 0 Å². The van der Waals surface area contributed by atoms with Gasteiger partial charge in [0.25, 0.3) is 0 Å². The van der Waals surface area contributed by atoms with Crippen LogP contribution in [-0.4, -0.2) is 76.7 Å². The van der Waals surface area contributed by atoms with Gasteiger partial charge in [0.2, 0.25) is 0 Å². The lowest BCUT2D eigenvalue weighted by atomic mass is 10.1. The minimum Gasteiger partial charge on any atom is -0.414 e. The average molecular weight is 463 g/mol. The number of rotatable bonds is 8. The van der Waals surface area contributed by atoms with Gasteiger partial charge in [-0.25, -0.2) is 0 Å². The van der Waals surface area contributed by atoms with Crippen LogP contribution >= 0.6 is 0 Å². The maximum atomic E-state index is 10.6. The Morgan fingerprint density at radius 1 is 0.733 bits per heavy atom. The van der Waals surface area contributed by atoms with E-state index in [9.17, 15) is 10.2 Å². The first-order valence-electron chi connectivity index (χ1n) is 11.4. The van der Waals surface area contributed by atoms with Gasteiger partial charge in [0, 0.05) is 12.8 Å². The molecule has 0 aliphatic carbocycles. The van der Waals surface area contributed by atoms with Gasteiger partial charge < -0.3 is 28.5 Å². The Labute approximate surface area is 185 Å². The Morgan fingerprint density at radius 3 is 1.30 bits per heavy atom. The van der Waals surface area contributed by atoms with Crippen LogP contribution in [0.5, 0.6) is 0 Å². The molecule has 0 saturated carbocycles. The SMILES string of the molecule is CC(C)(C)[Si](C)(C)OC[C@@H](O)[C@@H]1C[C@H]2O[C@H]([C@H](O)CO[Si](C)(C)C(C)(C)C)C[C@H]2O1. The molecule has 0 aromatic heterocycles. The van der Waals surface area contributed by atoms with Crippen molar-refractivity contribution < 1.29 is 28.5 Å². The summed E-state index contributed by atoms with van der Waals surface area (Å²) in [7, 11) is -3.80. The summed E-state index contributed by atoms with van der Waals surface area (Å²) < 4.78 is 24.5. The largest absolute Gasteiger partial charge is 0.414 e. The number of aliphatic hydroxyl groups excluding tert-OH is 2. The Kier molecular flexibility index (Phi) is 8.12. The van der Waals surface area contributed by atoms with Gasteiger partial charge in [-0.3, -0.25) is 0 Å². The van der Waals surface area contributed by atoms with Crippen molar-refractivity contribution in [1.82, 2.24) is 0 Å². The van der Waals surface area contributed by atoms with Gasteiger partial charge in [0.15, 0.2) is 16.6 Å². The summed E-state index contributed by atoms with van der Waals surface area (Å²) in [5, 5.41) is 21.4. The second-order valence-electron chi connectivity index (χ2n) is 12.2. The second-order valence-corrected chi connectivity index (χ2v) is 21.8. The summed E-state index contributed by atoms with van der Waals surface area (Å²) in [6.07, 6.45) is -0.733. The summed E-state index contributed by atoms with van der Waals surface area (Å²) in [6.45, 7) is 22.5. The fourth-order valence-corrected chi connectivity index (χ4v) is 5.38. The van der Waals surface area contributed by atoms with E-state index in [1.165, 1.54) is 0 Å². The van der Waals surface area contributed by atoms with Crippen molar-refractivity contribution in [2.45, 2.75) is 127 Å². The van der Waals surface area contributed by atoms with Crippen molar-refractivity contribution in [2.24, 2.45) is 0 Å². The van der Waals surface area contributed by atoms with Crippen molar-refractivity contribution in [3.8, 4) is 0 Å². The van der Waals surface area contributed by atoms with Gasteiger partial charge in [0.1, 0.15) is 12.2 Å². The zero-order valence-electron chi connectivity index (χ0n) is 20.8. The average Bonchev–Trinajstić information content (AvgIpc) is 3.14. The Bertz CT molecular complexity index is 507. The molecule has 2 aliphatic heterocycles. The lowest BCUT2D eigenvalue weighted by Crippen LogP contribution is -2.45. The number of fused-ring (bicyclic) bond motifs is 1. The lowest BCUT2D eigenvalue weighted by molar-refractivity contribution is -0.0642. The molecule has 2 fully saturated rings. The van der Waals surface area contributed by atoms with Crippen molar-refractivity contribution >= 4 is 16.6 Å². The molecule has 2 aliphatic rings. The number of aliphatic hydroxyl groups is 2. The second kappa shape index (κ2) is 9.21. The predicted molar refractivity (Wildman–Crippen MR) is 125 cm³/mol. The number of hydrogen-bond donors (Lipinski definition) is 2. The molecule has 0 aromatic rings. The Balaban J connectivity index is 1.79. The predicted octanol–water partition coefficient (Wildman–Crippen LogP) is 4.07. The Hall–Kier alpha value is 0.194. The molecule has 0 unspecified atom stereocenters. The van der Waals surface area contributed by atoms with E-state index in [4.69, 9.17) is 18.3 Å². The zero-order chi connectivity index (χ0) is 23.1. The minimum absolute atomic E-state index is 0.0787. The third-order valence-electron chi connectivity index (χ3n) is 7.74. The highest BCUT2D eigenvalue weighted by Gasteiger charge is 2.48. The molecule has 0 amide bonds. The Morgan fingerprint density at radius 2 is 1.03 bits per heavy atom. The molecule has 2 N–H and O–H groups in total. The molecular weight excluding hydrogens is 416 g/mol. The molecule has 2 rings (SSSR count). The third kappa shape index (κ3) is 6.16. The van der Waals surface area contributed by atoms with E-state index >= 15 is 0 Å². The van der Waals surface area contributed by atoms with Crippen LogP contribution in [0.25, 0.3) is 0 Å². The van der Waals surface area contributed by atoms with E-state index in [0.29, 0.717) is 26.1 Å². The maximum Gasteiger partial charge on any atom is 0.192 e. The standard InChI is InChI=1S/C22H46O6Si2/c1-21(2,3)29(7,8)25-13-15(23)17-11-19-20(27-17)12-18(28-19)16(24)14-26-30(9,10)22(4,5)6/h15-20,23-24H,11-14H2,1-10H3/t15-,16-,17+,18+,19-,20-/m1/s1. The molecule has 2 heterocycles. The van der Waals surface area contributed by atoms with Crippen LogP contribution in [0.1, 0.15) is 54.4 Å². The van der Waals surface area contributed by atoms with E-state index in [1.54, 1.807) is 0 Å². The summed E-state index contributed by atoms with van der Waals surface area (Å²) in [5.41, 5.74) is 0. The van der Waals surface area contributed by atoms with Crippen LogP contribution in [0.4, 0.5) is 0 Å². The molecular formula is C22H46O6Si2. The van der Waals surface area contributed by atoms with Crippen LogP contribution in [-0.2, 0) is 18.3 Å². The quantitative estimate of drug-likeness (QED) is 0.530. The van der Waals surface area contributed by atoms with Crippen molar-refractivity contribution in [1.29, 1.82) is 0 Å². The van der Waals surface area contributed by atoms with Gasteiger partial charge >= 0.3 is 0 Å². The molecule has 0 aromatic carbocycles. The van der Waals surface area contributed by atoms with E-state index < -0.39 is 28.8 Å². The van der Waals surface area contributed by atoms with Gasteiger partial charge in [-0.15, -0.1) is 0 Å². The molecule has 6 nitrogen and oxygen atoms in total. The van der Waals surface area contributed by atoms with Crippen molar-refractivity contribution in [3.05, 3.63) is 0 Å². The number of ether oxygens (including phenoxy) is 2. The van der Waals surface area contributed by atoms with E-state index in [0.717, 1.165) is 0 Å². The van der Waals surface area contributed by atoms with Crippen LogP contribution < -0.4 is 0 Å². The molecule has 30 heavy (non-hydrogen) atoms. The first kappa shape index (κ1) is 26.4. The van der Waals surface area contributed by atoms with Crippen molar-refractivity contribution in [2.75, 3.05) is 13.2 Å². The summed E-state index contributed by atoms with van der Waals surface area (Å²) in [5.74, 6) is 0.